The lowest BCUT2D eigenvalue weighted by molar-refractivity contribution is -0.138. The lowest BCUT2D eigenvalue weighted by Gasteiger charge is -2.34. The van der Waals surface area contributed by atoms with Crippen LogP contribution < -0.4 is 0 Å². The molecule has 1 aliphatic heterocycles. The third-order valence-corrected chi connectivity index (χ3v) is 5.30. The van der Waals surface area contributed by atoms with Crippen molar-refractivity contribution in [1.82, 2.24) is 9.80 Å². The number of carbonyl (C=O) groups excluding carboxylic acids is 1. The molecule has 10 heteroatoms. The monoisotopic (exact) mass is 451 g/mol. The molecule has 32 heavy (non-hydrogen) atoms. The molecular weight excluding hydrogens is 426 g/mol. The highest BCUT2D eigenvalue weighted by Gasteiger charge is 2.34. The number of rotatable bonds is 5. The Morgan fingerprint density at radius 3 is 2.25 bits per heavy atom. The molecule has 3 rings (SSSR count). The number of hydrogen-bond donors (Lipinski definition) is 0. The zero-order valence-corrected chi connectivity index (χ0v) is 17.9. The first-order chi connectivity index (χ1) is 15.3. The maximum atomic E-state index is 13.8. The summed E-state index contributed by atoms with van der Waals surface area (Å²) in [6.45, 7) is 6.42. The van der Waals surface area contributed by atoms with Crippen LogP contribution in [0, 0.1) is 0 Å². The smallest absolute Gasteiger partial charge is 0.301 e. The molecule has 172 valence electrons. The number of amides is 1. The van der Waals surface area contributed by atoms with Crippen molar-refractivity contribution in [2.75, 3.05) is 39.9 Å². The van der Waals surface area contributed by atoms with Crippen LogP contribution in [0.1, 0.15) is 28.4 Å². The fourth-order valence-electron chi connectivity index (χ4n) is 3.59. The van der Waals surface area contributed by atoms with Gasteiger partial charge in [0.15, 0.2) is 0 Å². The van der Waals surface area contributed by atoms with Gasteiger partial charge in [-0.05, 0) is 46.0 Å². The molecule has 1 saturated heterocycles. The second-order valence-electron chi connectivity index (χ2n) is 7.16. The van der Waals surface area contributed by atoms with Crippen molar-refractivity contribution in [2.45, 2.75) is 19.6 Å². The minimum absolute atomic E-state index is 0.122. The summed E-state index contributed by atoms with van der Waals surface area (Å²) in [7, 11) is 0.500. The first kappa shape index (κ1) is 25.3. The van der Waals surface area contributed by atoms with Crippen molar-refractivity contribution >= 4 is 5.91 Å². The minimum Gasteiger partial charge on any atom is -0.301 e. The highest BCUT2D eigenvalue weighted by Crippen LogP contribution is 2.36. The molecule has 6 nitrogen and oxygen atoms in total. The van der Waals surface area contributed by atoms with Crippen LogP contribution in [0.25, 0.3) is 21.6 Å². The maximum absolute atomic E-state index is 13.8. The summed E-state index contributed by atoms with van der Waals surface area (Å²) in [4.78, 5) is 18.5. The van der Waals surface area contributed by atoms with Crippen molar-refractivity contribution in [3.05, 3.63) is 69.6 Å². The van der Waals surface area contributed by atoms with Gasteiger partial charge in [0.25, 0.3) is 0 Å². The van der Waals surface area contributed by atoms with Crippen LogP contribution in [-0.2, 0) is 12.7 Å². The number of halogens is 4. The Kier molecular flexibility index (Phi) is 9.19. The van der Waals surface area contributed by atoms with E-state index in [1.807, 2.05) is 4.90 Å². The molecule has 0 radical (unpaired) electrons. The average molecular weight is 451 g/mol. The second-order valence-corrected chi connectivity index (χ2v) is 7.16. The topological polar surface area (TPSA) is 72.3 Å². The van der Waals surface area contributed by atoms with E-state index in [4.69, 9.17) is 5.53 Å². The van der Waals surface area contributed by atoms with Gasteiger partial charge in [-0.25, -0.2) is 0 Å². The largest absolute Gasteiger partial charge is 0.416 e. The van der Waals surface area contributed by atoms with E-state index in [1.54, 1.807) is 18.2 Å². The maximum Gasteiger partial charge on any atom is 0.416 e. The minimum atomic E-state index is -4.49. The summed E-state index contributed by atoms with van der Waals surface area (Å²) in [5.41, 5.74) is 8.88. The van der Waals surface area contributed by atoms with Gasteiger partial charge in [0, 0.05) is 43.2 Å². The third kappa shape index (κ3) is 6.53. The van der Waals surface area contributed by atoms with E-state index >= 15 is 0 Å². The molecule has 0 bridgehead atoms. The molecular formula is C22H25F4N5O. The molecule has 0 unspecified atom stereocenters. The average Bonchev–Trinajstić information content (AvgIpc) is 2.81. The summed E-state index contributed by atoms with van der Waals surface area (Å²) < 4.78 is 50.9. The third-order valence-electron chi connectivity index (χ3n) is 5.30. The van der Waals surface area contributed by atoms with Gasteiger partial charge in [0.2, 0.25) is 5.91 Å². The number of piperazine rings is 1. The van der Waals surface area contributed by atoms with E-state index in [0.29, 0.717) is 18.3 Å². The number of hydrogen-bond acceptors (Lipinski definition) is 3. The Labute approximate surface area is 184 Å². The standard InChI is InChI=1S/C21H22F3N5O.CH3F/c1-2-28-8-10-29(11-9-28)14-18-7-6-16(13-19(18)21(22,23)24)15-4-3-5-17(12-15)20(30)26-27-25;1-2/h3-7,12-13H,2,8-11,14H2,1H3;1H3. The summed E-state index contributed by atoms with van der Waals surface area (Å²) in [6.07, 6.45) is -4.49. The first-order valence-electron chi connectivity index (χ1n) is 10.0. The van der Waals surface area contributed by atoms with Crippen LogP contribution >= 0.6 is 0 Å². The molecule has 1 amide bonds. The van der Waals surface area contributed by atoms with Gasteiger partial charge >= 0.3 is 6.18 Å². The predicted molar refractivity (Wildman–Crippen MR) is 115 cm³/mol. The van der Waals surface area contributed by atoms with Crippen molar-refractivity contribution in [3.8, 4) is 11.1 Å². The molecule has 1 fully saturated rings. The molecule has 0 spiro atoms. The summed E-state index contributed by atoms with van der Waals surface area (Å²) in [6, 6.07) is 10.3. The zero-order valence-electron chi connectivity index (χ0n) is 17.9. The Bertz CT molecular complexity index is 965. The fourth-order valence-corrected chi connectivity index (χ4v) is 3.59. The molecule has 0 aromatic heterocycles. The molecule has 1 heterocycles. The normalized spacial score (nSPS) is 14.8. The van der Waals surface area contributed by atoms with Crippen LogP contribution in [0.3, 0.4) is 0 Å². The molecule has 2 aromatic carbocycles. The van der Waals surface area contributed by atoms with Crippen LogP contribution in [0.5, 0.6) is 0 Å². The SMILES string of the molecule is CCN1CCN(Cc2ccc(-c3cccc(C(=O)N=[N+]=[N-])c3)cc2C(F)(F)F)CC1.CF. The first-order valence-corrected chi connectivity index (χ1v) is 10.0. The number of likely N-dealkylation sites (N-methyl/N-ethyl adjacent to an activating group) is 1. The second kappa shape index (κ2) is 11.6. The van der Waals surface area contributed by atoms with Gasteiger partial charge in [0.05, 0.1) is 12.7 Å². The Balaban J connectivity index is 0.00000176. The van der Waals surface area contributed by atoms with Crippen molar-refractivity contribution in [1.29, 1.82) is 0 Å². The van der Waals surface area contributed by atoms with Crippen LogP contribution in [0.2, 0.25) is 0 Å². The predicted octanol–water partition coefficient (Wildman–Crippen LogP) is 5.55. The highest BCUT2D eigenvalue weighted by molar-refractivity contribution is 5.96. The van der Waals surface area contributed by atoms with Gasteiger partial charge < -0.3 is 4.90 Å². The molecule has 0 aliphatic carbocycles. The number of alkyl halides is 4. The Hall–Kier alpha value is -2.94. The van der Waals surface area contributed by atoms with E-state index in [1.165, 1.54) is 18.2 Å². The Morgan fingerprint density at radius 2 is 1.66 bits per heavy atom. The van der Waals surface area contributed by atoms with Crippen molar-refractivity contribution < 1.29 is 22.4 Å². The van der Waals surface area contributed by atoms with Gasteiger partial charge in [-0.15, -0.1) is 0 Å². The van der Waals surface area contributed by atoms with E-state index < -0.39 is 17.6 Å². The van der Waals surface area contributed by atoms with E-state index in [0.717, 1.165) is 38.8 Å². The lowest BCUT2D eigenvalue weighted by Crippen LogP contribution is -2.45. The van der Waals surface area contributed by atoms with Gasteiger partial charge in [-0.1, -0.05) is 37.3 Å². The summed E-state index contributed by atoms with van der Waals surface area (Å²) in [5.74, 6) is -0.779. The number of benzene rings is 2. The summed E-state index contributed by atoms with van der Waals surface area (Å²) >= 11 is 0. The van der Waals surface area contributed by atoms with Crippen molar-refractivity contribution in [2.24, 2.45) is 5.11 Å². The van der Waals surface area contributed by atoms with Gasteiger partial charge in [0.1, 0.15) is 0 Å². The summed E-state index contributed by atoms with van der Waals surface area (Å²) in [5, 5.41) is 3.03. The zero-order chi connectivity index (χ0) is 23.7. The van der Waals surface area contributed by atoms with Crippen LogP contribution in [-0.4, -0.2) is 55.6 Å². The number of nitrogens with zero attached hydrogens (tertiary/aromatic N) is 5. The van der Waals surface area contributed by atoms with Gasteiger partial charge in [-0.2, -0.15) is 13.2 Å². The Morgan fingerprint density at radius 1 is 1.03 bits per heavy atom. The number of azide groups is 1. The molecule has 1 aliphatic rings. The molecule has 2 aromatic rings. The van der Waals surface area contributed by atoms with Crippen molar-refractivity contribution in [3.63, 3.8) is 0 Å². The van der Waals surface area contributed by atoms with E-state index in [9.17, 15) is 22.4 Å². The number of carbonyl (C=O) groups is 1. The molecule has 0 N–H and O–H groups in total. The quantitative estimate of drug-likeness (QED) is 0.259. The fraction of sp³-hybridized carbons (Fsp3) is 0.409. The van der Waals surface area contributed by atoms with Gasteiger partial charge in [-0.3, -0.25) is 14.1 Å². The molecule has 0 saturated carbocycles. The molecule has 0 atom stereocenters. The lowest BCUT2D eigenvalue weighted by atomic mass is 9.97. The van der Waals surface area contributed by atoms with Crippen LogP contribution in [0.15, 0.2) is 47.6 Å². The van der Waals surface area contributed by atoms with E-state index in [-0.39, 0.29) is 17.7 Å². The van der Waals surface area contributed by atoms with E-state index in [2.05, 4.69) is 21.8 Å². The highest BCUT2D eigenvalue weighted by atomic mass is 19.4. The van der Waals surface area contributed by atoms with Crippen LogP contribution in [0.4, 0.5) is 17.6 Å².